The summed E-state index contributed by atoms with van der Waals surface area (Å²) < 4.78 is 7.57. The molecule has 0 aliphatic heterocycles. The number of hydrogen-bond acceptors (Lipinski definition) is 2. The Morgan fingerprint density at radius 3 is 2.48 bits per heavy atom. The molecule has 0 amide bonds. The van der Waals surface area contributed by atoms with Gasteiger partial charge in [-0.3, -0.25) is 0 Å². The zero-order chi connectivity index (χ0) is 15.3. The molecule has 0 fully saturated rings. The van der Waals surface area contributed by atoms with Gasteiger partial charge in [0.2, 0.25) is 0 Å². The van der Waals surface area contributed by atoms with E-state index >= 15 is 0 Å². The molecule has 0 aliphatic rings. The molecule has 2 rings (SSSR count). The fourth-order valence-electron chi connectivity index (χ4n) is 1.91. The minimum atomic E-state index is -1.01. The van der Waals surface area contributed by atoms with E-state index in [0.717, 1.165) is 17.5 Å². The molecule has 0 aliphatic carbocycles. The van der Waals surface area contributed by atoms with Crippen LogP contribution in [0.4, 0.5) is 0 Å². The Balaban J connectivity index is 1.88. The zero-order valence-corrected chi connectivity index (χ0v) is 15.6. The van der Waals surface area contributed by atoms with Crippen molar-refractivity contribution in [3.8, 4) is 11.1 Å². The lowest BCUT2D eigenvalue weighted by Crippen LogP contribution is -2.22. The minimum Gasteiger partial charge on any atom is -0.360 e. The molecular weight excluding hydrogens is 344 g/mol. The van der Waals surface area contributed by atoms with Crippen LogP contribution in [0.1, 0.15) is 5.56 Å². The third-order valence-electron chi connectivity index (χ3n) is 3.29. The fourth-order valence-corrected chi connectivity index (χ4v) is 3.04. The maximum atomic E-state index is 5.71. The Kier molecular flexibility index (Phi) is 5.78. The predicted molar refractivity (Wildman–Crippen MR) is 94.4 cm³/mol. The molecule has 1 aromatic heterocycles. The molecule has 0 saturated heterocycles. The van der Waals surface area contributed by atoms with E-state index in [1.807, 2.05) is 17.1 Å². The van der Waals surface area contributed by atoms with Crippen LogP contribution < -0.4 is 0 Å². The van der Waals surface area contributed by atoms with Crippen molar-refractivity contribution in [2.75, 3.05) is 6.61 Å². The molecule has 1 heterocycles. The monoisotopic (exact) mass is 366 g/mol. The molecule has 0 radical (unpaired) electrons. The maximum absolute atomic E-state index is 5.71. The van der Waals surface area contributed by atoms with Gasteiger partial charge in [-0.1, -0.05) is 59.8 Å². The highest BCUT2D eigenvalue weighted by atomic mass is 79.9. The van der Waals surface area contributed by atoms with Crippen molar-refractivity contribution in [2.24, 2.45) is 0 Å². The first kappa shape index (κ1) is 16.5. The van der Waals surface area contributed by atoms with Gasteiger partial charge in [-0.25, -0.2) is 4.68 Å². The number of hydrogen-bond donors (Lipinski definition) is 0. The van der Waals surface area contributed by atoms with Crippen LogP contribution in [0.2, 0.25) is 25.7 Å². The minimum absolute atomic E-state index is 0.532. The van der Waals surface area contributed by atoms with E-state index in [4.69, 9.17) is 4.74 Å². The number of halogens is 1. The van der Waals surface area contributed by atoms with Crippen LogP contribution >= 0.6 is 15.9 Å². The lowest BCUT2D eigenvalue weighted by atomic mass is 10.1. The van der Waals surface area contributed by atoms with Gasteiger partial charge in [0.15, 0.2) is 0 Å². The maximum Gasteiger partial charge on any atom is 0.139 e. The van der Waals surface area contributed by atoms with Crippen molar-refractivity contribution in [3.05, 3.63) is 42.2 Å². The van der Waals surface area contributed by atoms with Crippen molar-refractivity contribution in [1.82, 2.24) is 9.78 Å². The summed E-state index contributed by atoms with van der Waals surface area (Å²) in [6.45, 7) is 8.44. The van der Waals surface area contributed by atoms with Gasteiger partial charge in [0.1, 0.15) is 6.73 Å². The van der Waals surface area contributed by atoms with Crippen LogP contribution in [0.3, 0.4) is 0 Å². The predicted octanol–water partition coefficient (Wildman–Crippen LogP) is 4.76. The number of nitrogens with zero attached hydrogens (tertiary/aromatic N) is 2. The Morgan fingerprint density at radius 1 is 1.14 bits per heavy atom. The SMILES string of the molecule is C[Si](C)(C)CCOCn1cc(-c2ccc(CBr)cc2)cn1. The molecular formula is C16H23BrN2OSi. The quantitative estimate of drug-likeness (QED) is 0.401. The lowest BCUT2D eigenvalue weighted by molar-refractivity contribution is 0.0786. The number of ether oxygens (including phenoxy) is 1. The van der Waals surface area contributed by atoms with Gasteiger partial charge >= 0.3 is 0 Å². The Labute approximate surface area is 136 Å². The average Bonchev–Trinajstić information content (AvgIpc) is 2.91. The van der Waals surface area contributed by atoms with Crippen LogP contribution in [0.25, 0.3) is 11.1 Å². The van der Waals surface area contributed by atoms with E-state index in [-0.39, 0.29) is 0 Å². The molecule has 0 atom stereocenters. The van der Waals surface area contributed by atoms with Crippen molar-refractivity contribution in [3.63, 3.8) is 0 Å². The summed E-state index contributed by atoms with van der Waals surface area (Å²) in [5, 5.41) is 5.25. The molecule has 3 nitrogen and oxygen atoms in total. The second-order valence-corrected chi connectivity index (χ2v) is 12.6. The Hall–Kier alpha value is -0.913. The van der Waals surface area contributed by atoms with E-state index < -0.39 is 8.07 Å². The van der Waals surface area contributed by atoms with E-state index in [1.165, 1.54) is 17.2 Å². The first-order chi connectivity index (χ1) is 9.98. The number of aromatic nitrogens is 2. The highest BCUT2D eigenvalue weighted by Crippen LogP contribution is 2.20. The van der Waals surface area contributed by atoms with Crippen molar-refractivity contribution in [1.29, 1.82) is 0 Å². The standard InChI is InChI=1S/C16H23BrN2OSi/c1-21(2,3)9-8-20-13-19-12-16(11-18-19)15-6-4-14(10-17)5-7-15/h4-7,11-12H,8-10,13H2,1-3H3. The second-order valence-electron chi connectivity index (χ2n) is 6.45. The summed E-state index contributed by atoms with van der Waals surface area (Å²) in [4.78, 5) is 0. The van der Waals surface area contributed by atoms with Gasteiger partial charge in [0.25, 0.3) is 0 Å². The Bertz CT molecular complexity index is 560. The molecule has 5 heteroatoms. The number of rotatable bonds is 7. The van der Waals surface area contributed by atoms with Crippen molar-refractivity contribution in [2.45, 2.75) is 37.7 Å². The smallest absolute Gasteiger partial charge is 0.139 e. The van der Waals surface area contributed by atoms with Crippen LogP contribution in [0.15, 0.2) is 36.7 Å². The van der Waals surface area contributed by atoms with E-state index in [1.54, 1.807) is 0 Å². The summed E-state index contributed by atoms with van der Waals surface area (Å²) >= 11 is 3.46. The van der Waals surface area contributed by atoms with Crippen LogP contribution in [0.5, 0.6) is 0 Å². The van der Waals surface area contributed by atoms with Crippen LogP contribution in [0, 0.1) is 0 Å². The lowest BCUT2D eigenvalue weighted by Gasteiger charge is -2.15. The zero-order valence-electron chi connectivity index (χ0n) is 13.0. The molecule has 1 aromatic carbocycles. The highest BCUT2D eigenvalue weighted by Gasteiger charge is 2.12. The summed E-state index contributed by atoms with van der Waals surface area (Å²) in [7, 11) is -1.01. The van der Waals surface area contributed by atoms with Crippen LogP contribution in [-0.4, -0.2) is 24.5 Å². The summed E-state index contributed by atoms with van der Waals surface area (Å²) in [5.74, 6) is 0. The molecule has 114 valence electrons. The number of benzene rings is 1. The van der Waals surface area contributed by atoms with E-state index in [0.29, 0.717) is 6.73 Å². The molecule has 0 spiro atoms. The topological polar surface area (TPSA) is 27.1 Å². The van der Waals surface area contributed by atoms with E-state index in [2.05, 4.69) is 64.9 Å². The van der Waals surface area contributed by atoms with Gasteiger partial charge in [0, 0.05) is 31.8 Å². The van der Waals surface area contributed by atoms with Crippen molar-refractivity contribution < 1.29 is 4.74 Å². The molecule has 21 heavy (non-hydrogen) atoms. The van der Waals surface area contributed by atoms with Crippen LogP contribution in [-0.2, 0) is 16.8 Å². The second kappa shape index (κ2) is 7.38. The summed E-state index contributed by atoms with van der Waals surface area (Å²) in [5.41, 5.74) is 3.60. The van der Waals surface area contributed by atoms with Gasteiger partial charge in [-0.05, 0) is 17.2 Å². The third-order valence-corrected chi connectivity index (χ3v) is 5.65. The summed E-state index contributed by atoms with van der Waals surface area (Å²) in [6, 6.07) is 9.71. The van der Waals surface area contributed by atoms with Gasteiger partial charge in [-0.15, -0.1) is 0 Å². The molecule has 0 unspecified atom stereocenters. The Morgan fingerprint density at radius 2 is 1.86 bits per heavy atom. The fraction of sp³-hybridized carbons (Fsp3) is 0.438. The third kappa shape index (κ3) is 5.41. The van der Waals surface area contributed by atoms with Gasteiger partial charge in [-0.2, -0.15) is 5.10 Å². The average molecular weight is 367 g/mol. The van der Waals surface area contributed by atoms with E-state index in [9.17, 15) is 0 Å². The highest BCUT2D eigenvalue weighted by molar-refractivity contribution is 9.08. The van der Waals surface area contributed by atoms with Crippen molar-refractivity contribution >= 4 is 24.0 Å². The first-order valence-electron chi connectivity index (χ1n) is 7.23. The van der Waals surface area contributed by atoms with Gasteiger partial charge in [0.05, 0.1) is 6.20 Å². The molecule has 0 bridgehead atoms. The normalized spacial score (nSPS) is 11.8. The van der Waals surface area contributed by atoms with Gasteiger partial charge < -0.3 is 4.74 Å². The molecule has 0 saturated carbocycles. The summed E-state index contributed by atoms with van der Waals surface area (Å²) in [6.07, 6.45) is 3.93. The largest absolute Gasteiger partial charge is 0.360 e. The molecule has 0 N–H and O–H groups in total. The first-order valence-corrected chi connectivity index (χ1v) is 12.1. The number of alkyl halides is 1. The molecule has 2 aromatic rings.